The Morgan fingerprint density at radius 3 is 2.42 bits per heavy atom. The summed E-state index contributed by atoms with van der Waals surface area (Å²) in [6.45, 7) is -0.281. The molecular formula is C22H32F3N5O3. The molecule has 1 saturated heterocycles. The molecule has 3 atom stereocenters. The lowest BCUT2D eigenvalue weighted by Gasteiger charge is -2.34. The van der Waals surface area contributed by atoms with Crippen molar-refractivity contribution >= 4 is 11.7 Å². The van der Waals surface area contributed by atoms with Gasteiger partial charge in [-0.25, -0.2) is 13.2 Å². The fraction of sp³-hybridized carbons (Fsp3) is 0.636. The molecule has 1 amide bonds. The standard InChI is InChI=1S/C22H32F3N5O3/c23-16-12(17(24)19(31)15(18(16)25)20(27)28)10-29-21(32)14-7-4-8-30(14)22(33)13(26)9-11-5-2-1-3-6-11/h11,13-14,22,31,33H,1-10,26H2,(H3,27,28)(H,29,32)/t13-,14+,22?/m1/s1. The molecule has 3 rings (SSSR count). The Morgan fingerprint density at radius 1 is 1.12 bits per heavy atom. The zero-order valence-corrected chi connectivity index (χ0v) is 18.4. The van der Waals surface area contributed by atoms with Gasteiger partial charge in [0.1, 0.15) is 12.1 Å². The van der Waals surface area contributed by atoms with E-state index in [0.29, 0.717) is 31.7 Å². The van der Waals surface area contributed by atoms with Crippen molar-refractivity contribution in [2.24, 2.45) is 17.4 Å². The second-order valence-corrected chi connectivity index (χ2v) is 8.99. The molecule has 0 aromatic heterocycles. The van der Waals surface area contributed by atoms with Gasteiger partial charge >= 0.3 is 0 Å². The molecule has 184 valence electrons. The van der Waals surface area contributed by atoms with Gasteiger partial charge < -0.3 is 27.0 Å². The second kappa shape index (κ2) is 10.7. The van der Waals surface area contributed by atoms with Gasteiger partial charge in [0.25, 0.3) is 0 Å². The summed E-state index contributed by atoms with van der Waals surface area (Å²) in [5.41, 5.74) is 9.36. The molecule has 1 aliphatic heterocycles. The molecule has 8 nitrogen and oxygen atoms in total. The van der Waals surface area contributed by atoms with Crippen LogP contribution in [-0.2, 0) is 11.3 Å². The van der Waals surface area contributed by atoms with Crippen LogP contribution >= 0.6 is 0 Å². The molecule has 2 fully saturated rings. The molecule has 1 aliphatic carbocycles. The number of hydrogen-bond acceptors (Lipinski definition) is 6. The molecule has 1 heterocycles. The number of rotatable bonds is 8. The molecule has 1 unspecified atom stereocenters. The number of hydrogen-bond donors (Lipinski definition) is 6. The Kier molecular flexibility index (Phi) is 8.19. The number of aliphatic hydroxyl groups excluding tert-OH is 1. The van der Waals surface area contributed by atoms with E-state index in [1.165, 1.54) is 6.42 Å². The molecule has 0 spiro atoms. The first-order valence-electron chi connectivity index (χ1n) is 11.3. The third-order valence-electron chi connectivity index (χ3n) is 6.75. The van der Waals surface area contributed by atoms with E-state index in [2.05, 4.69) is 5.32 Å². The Morgan fingerprint density at radius 2 is 1.79 bits per heavy atom. The quantitative estimate of drug-likeness (QED) is 0.193. The normalized spacial score (nSPS) is 21.7. The average molecular weight is 472 g/mol. The highest BCUT2D eigenvalue weighted by atomic mass is 19.2. The maximum atomic E-state index is 14.4. The van der Waals surface area contributed by atoms with Crippen LogP contribution in [0.2, 0.25) is 0 Å². The molecule has 8 N–H and O–H groups in total. The highest BCUT2D eigenvalue weighted by molar-refractivity contribution is 5.98. The van der Waals surface area contributed by atoms with Crippen LogP contribution in [0, 0.1) is 28.8 Å². The van der Waals surface area contributed by atoms with E-state index in [-0.39, 0.29) is 0 Å². The summed E-state index contributed by atoms with van der Waals surface area (Å²) < 4.78 is 42.9. The van der Waals surface area contributed by atoms with E-state index in [1.807, 2.05) is 0 Å². The number of carbonyl (C=O) groups excluding carboxylic acids is 1. The SMILES string of the molecule is N=C(N)c1c(O)c(F)c(CNC(=O)[C@@H]2CCCN2C(O)[C@H](N)CC2CCCCC2)c(F)c1F. The lowest BCUT2D eigenvalue weighted by atomic mass is 9.84. The number of aliphatic hydroxyl groups is 1. The van der Waals surface area contributed by atoms with Crippen LogP contribution in [-0.4, -0.2) is 51.7 Å². The molecule has 1 saturated carbocycles. The molecule has 2 aliphatic rings. The van der Waals surface area contributed by atoms with Gasteiger partial charge in [0.2, 0.25) is 5.91 Å². The molecule has 11 heteroatoms. The minimum atomic E-state index is -1.67. The summed E-state index contributed by atoms with van der Waals surface area (Å²) in [4.78, 5) is 14.3. The fourth-order valence-corrected chi connectivity index (χ4v) is 4.95. The number of phenols is 1. The van der Waals surface area contributed by atoms with Gasteiger partial charge in [-0.1, -0.05) is 32.1 Å². The molecular weight excluding hydrogens is 439 g/mol. The van der Waals surface area contributed by atoms with E-state index >= 15 is 0 Å². The van der Waals surface area contributed by atoms with Crippen molar-refractivity contribution in [2.45, 2.75) is 76.2 Å². The van der Waals surface area contributed by atoms with Gasteiger partial charge in [-0.3, -0.25) is 15.1 Å². The smallest absolute Gasteiger partial charge is 0.237 e. The van der Waals surface area contributed by atoms with Crippen molar-refractivity contribution < 1.29 is 28.2 Å². The number of phenolic OH excluding ortho intramolecular Hbond substituents is 1. The highest BCUT2D eigenvalue weighted by Crippen LogP contribution is 2.31. The van der Waals surface area contributed by atoms with Crippen molar-refractivity contribution in [3.8, 4) is 5.75 Å². The summed E-state index contributed by atoms with van der Waals surface area (Å²) in [5.74, 6) is -7.28. The average Bonchev–Trinajstić information content (AvgIpc) is 3.27. The van der Waals surface area contributed by atoms with Crippen LogP contribution in [0.5, 0.6) is 5.75 Å². The van der Waals surface area contributed by atoms with Crippen molar-refractivity contribution in [3.63, 3.8) is 0 Å². The zero-order valence-electron chi connectivity index (χ0n) is 18.4. The van der Waals surface area contributed by atoms with Crippen LogP contribution < -0.4 is 16.8 Å². The Balaban J connectivity index is 1.66. The van der Waals surface area contributed by atoms with Crippen molar-refractivity contribution in [3.05, 3.63) is 28.6 Å². The summed E-state index contributed by atoms with van der Waals surface area (Å²) >= 11 is 0. The second-order valence-electron chi connectivity index (χ2n) is 8.99. The van der Waals surface area contributed by atoms with Crippen LogP contribution in [0.4, 0.5) is 13.2 Å². The van der Waals surface area contributed by atoms with Gasteiger partial charge in [-0.15, -0.1) is 0 Å². The maximum Gasteiger partial charge on any atom is 0.237 e. The van der Waals surface area contributed by atoms with Gasteiger partial charge in [-0.2, -0.15) is 0 Å². The van der Waals surface area contributed by atoms with Crippen LogP contribution in [0.15, 0.2) is 0 Å². The molecule has 0 bridgehead atoms. The number of nitrogens with zero attached hydrogens (tertiary/aromatic N) is 1. The maximum absolute atomic E-state index is 14.4. The molecule has 33 heavy (non-hydrogen) atoms. The molecule has 1 aromatic carbocycles. The number of nitrogens with one attached hydrogen (secondary N) is 2. The van der Waals surface area contributed by atoms with E-state index in [4.69, 9.17) is 16.9 Å². The minimum Gasteiger partial charge on any atom is -0.504 e. The first-order valence-corrected chi connectivity index (χ1v) is 11.3. The minimum absolute atomic E-state index is 0.424. The number of nitrogens with two attached hydrogens (primary N) is 2. The number of carbonyl (C=O) groups is 1. The van der Waals surface area contributed by atoms with E-state index in [9.17, 15) is 28.2 Å². The van der Waals surface area contributed by atoms with Crippen molar-refractivity contribution in [1.29, 1.82) is 5.41 Å². The first-order chi connectivity index (χ1) is 15.6. The lowest BCUT2D eigenvalue weighted by molar-refractivity contribution is -0.130. The number of likely N-dealkylation sites (tertiary alicyclic amines) is 1. The van der Waals surface area contributed by atoms with Gasteiger partial charge in [-0.05, 0) is 25.2 Å². The summed E-state index contributed by atoms with van der Waals surface area (Å²) in [7, 11) is 0. The van der Waals surface area contributed by atoms with Crippen LogP contribution in [0.1, 0.15) is 62.5 Å². The lowest BCUT2D eigenvalue weighted by Crippen LogP contribution is -2.54. The van der Waals surface area contributed by atoms with E-state index in [0.717, 1.165) is 25.7 Å². The predicted octanol–water partition coefficient (Wildman–Crippen LogP) is 1.79. The number of benzene rings is 1. The highest BCUT2D eigenvalue weighted by Gasteiger charge is 2.38. The summed E-state index contributed by atoms with van der Waals surface area (Å²) in [6, 6.07) is -1.28. The molecule has 0 radical (unpaired) electrons. The third kappa shape index (κ3) is 5.42. The van der Waals surface area contributed by atoms with E-state index < -0.39 is 70.9 Å². The Labute approximate surface area is 190 Å². The van der Waals surface area contributed by atoms with Crippen molar-refractivity contribution in [1.82, 2.24) is 10.2 Å². The number of amides is 1. The van der Waals surface area contributed by atoms with Gasteiger partial charge in [0.05, 0.1) is 11.6 Å². The Hall–Kier alpha value is -2.37. The Bertz CT molecular complexity index is 866. The summed E-state index contributed by atoms with van der Waals surface area (Å²) in [6.07, 6.45) is 6.35. The predicted molar refractivity (Wildman–Crippen MR) is 116 cm³/mol. The summed E-state index contributed by atoms with van der Waals surface area (Å²) in [5, 5.41) is 30.1. The number of nitrogen functional groups attached to an aromatic ring is 1. The van der Waals surface area contributed by atoms with Crippen LogP contribution in [0.3, 0.4) is 0 Å². The largest absolute Gasteiger partial charge is 0.504 e. The van der Waals surface area contributed by atoms with Gasteiger partial charge in [0, 0.05) is 24.7 Å². The van der Waals surface area contributed by atoms with Crippen molar-refractivity contribution in [2.75, 3.05) is 6.54 Å². The molecule has 1 aromatic rings. The number of amidine groups is 1. The topological polar surface area (TPSA) is 149 Å². The van der Waals surface area contributed by atoms with Crippen LogP contribution in [0.25, 0.3) is 0 Å². The first kappa shape index (κ1) is 25.3. The monoisotopic (exact) mass is 471 g/mol. The van der Waals surface area contributed by atoms with E-state index in [1.54, 1.807) is 4.90 Å². The third-order valence-corrected chi connectivity index (χ3v) is 6.75. The number of aromatic hydroxyl groups is 1. The number of halogens is 3. The van der Waals surface area contributed by atoms with Gasteiger partial charge in [0.15, 0.2) is 23.2 Å². The fourth-order valence-electron chi connectivity index (χ4n) is 4.95. The zero-order chi connectivity index (χ0) is 24.3.